The van der Waals surface area contributed by atoms with Crippen molar-refractivity contribution in [1.29, 1.82) is 5.26 Å². The topological polar surface area (TPSA) is 36.3 Å². The van der Waals surface area contributed by atoms with Gasteiger partial charge in [0, 0.05) is 20.3 Å². The van der Waals surface area contributed by atoms with E-state index in [1.54, 1.807) is 13.3 Å². The fourth-order valence-corrected chi connectivity index (χ4v) is 1.22. The molecule has 0 aliphatic carbocycles. The van der Waals surface area contributed by atoms with Gasteiger partial charge in [-0.1, -0.05) is 12.1 Å². The largest absolute Gasteiger partial charge is 0.497 e. The lowest BCUT2D eigenvalue weighted by atomic mass is 10.1. The Morgan fingerprint density at radius 1 is 1.47 bits per heavy atom. The van der Waals surface area contributed by atoms with E-state index in [9.17, 15) is 0 Å². The molecular formula is C12H14N2O. The molecule has 0 aliphatic heterocycles. The van der Waals surface area contributed by atoms with Crippen molar-refractivity contribution in [3.8, 4) is 11.8 Å². The zero-order valence-electron chi connectivity index (χ0n) is 9.19. The molecule has 0 aliphatic rings. The van der Waals surface area contributed by atoms with Crippen molar-refractivity contribution in [2.45, 2.75) is 0 Å². The second kappa shape index (κ2) is 5.06. The van der Waals surface area contributed by atoms with Gasteiger partial charge >= 0.3 is 0 Å². The summed E-state index contributed by atoms with van der Waals surface area (Å²) in [4.78, 5) is 1.85. The summed E-state index contributed by atoms with van der Waals surface area (Å²) in [7, 11) is 5.38. The lowest BCUT2D eigenvalue weighted by Gasteiger charge is -2.07. The van der Waals surface area contributed by atoms with Crippen molar-refractivity contribution in [2.24, 2.45) is 0 Å². The highest BCUT2D eigenvalue weighted by Crippen LogP contribution is 2.19. The van der Waals surface area contributed by atoms with Gasteiger partial charge in [0.15, 0.2) is 0 Å². The summed E-state index contributed by atoms with van der Waals surface area (Å²) in [6.07, 6.45) is 1.79. The van der Waals surface area contributed by atoms with E-state index < -0.39 is 0 Å². The average molecular weight is 202 g/mol. The summed E-state index contributed by atoms with van der Waals surface area (Å²) in [6, 6.07) is 9.63. The van der Waals surface area contributed by atoms with Crippen molar-refractivity contribution in [2.75, 3.05) is 21.2 Å². The van der Waals surface area contributed by atoms with Gasteiger partial charge in [-0.3, -0.25) is 0 Å². The summed E-state index contributed by atoms with van der Waals surface area (Å²) in [6.45, 7) is 0. The lowest BCUT2D eigenvalue weighted by molar-refractivity contribution is 0.414. The molecule has 0 fully saturated rings. The van der Waals surface area contributed by atoms with E-state index in [0.717, 1.165) is 11.3 Å². The minimum Gasteiger partial charge on any atom is -0.497 e. The molecule has 0 aromatic heterocycles. The summed E-state index contributed by atoms with van der Waals surface area (Å²) < 4.78 is 5.10. The predicted molar refractivity (Wildman–Crippen MR) is 60.3 cm³/mol. The molecule has 3 nitrogen and oxygen atoms in total. The molecule has 0 saturated heterocycles. The summed E-state index contributed by atoms with van der Waals surface area (Å²) in [5, 5.41) is 9.01. The third-order valence-corrected chi connectivity index (χ3v) is 1.89. The van der Waals surface area contributed by atoms with E-state index in [-0.39, 0.29) is 0 Å². The molecule has 15 heavy (non-hydrogen) atoms. The van der Waals surface area contributed by atoms with Gasteiger partial charge in [0.05, 0.1) is 12.7 Å². The van der Waals surface area contributed by atoms with E-state index in [0.29, 0.717) is 5.57 Å². The van der Waals surface area contributed by atoms with Crippen LogP contribution in [-0.2, 0) is 0 Å². The highest BCUT2D eigenvalue weighted by molar-refractivity contribution is 5.76. The molecule has 1 aromatic carbocycles. The van der Waals surface area contributed by atoms with Crippen LogP contribution in [0.4, 0.5) is 0 Å². The normalized spacial score (nSPS) is 10.7. The standard InChI is InChI=1S/C12H14N2O/c1-14(2)9-11(8-13)10-5-4-6-12(7-10)15-3/h4-7,9H,1-3H3/b11-9-. The maximum atomic E-state index is 9.01. The summed E-state index contributed by atoms with van der Waals surface area (Å²) in [5.41, 5.74) is 1.49. The molecule has 0 N–H and O–H groups in total. The van der Waals surface area contributed by atoms with Crippen molar-refractivity contribution in [1.82, 2.24) is 4.90 Å². The molecule has 0 atom stereocenters. The van der Waals surface area contributed by atoms with Crippen molar-refractivity contribution in [3.63, 3.8) is 0 Å². The summed E-state index contributed by atoms with van der Waals surface area (Å²) >= 11 is 0. The van der Waals surface area contributed by atoms with Crippen LogP contribution in [0.5, 0.6) is 5.75 Å². The number of nitriles is 1. The number of hydrogen-bond donors (Lipinski definition) is 0. The Labute approximate surface area is 90.2 Å². The van der Waals surface area contributed by atoms with E-state index in [4.69, 9.17) is 10.00 Å². The molecule has 0 unspecified atom stereocenters. The third kappa shape index (κ3) is 3.03. The first kappa shape index (κ1) is 11.1. The van der Waals surface area contributed by atoms with Crippen molar-refractivity contribution in [3.05, 3.63) is 36.0 Å². The number of benzene rings is 1. The Bertz CT molecular complexity index is 402. The van der Waals surface area contributed by atoms with Gasteiger partial charge in [-0.05, 0) is 17.7 Å². The predicted octanol–water partition coefficient (Wildman–Crippen LogP) is 2.12. The smallest absolute Gasteiger partial charge is 0.119 e. The maximum absolute atomic E-state index is 9.01. The van der Waals surface area contributed by atoms with E-state index in [2.05, 4.69) is 6.07 Å². The number of ether oxygens (including phenoxy) is 1. The van der Waals surface area contributed by atoms with Crippen molar-refractivity contribution >= 4 is 5.57 Å². The monoisotopic (exact) mass is 202 g/mol. The minimum atomic E-state index is 0.624. The first-order valence-electron chi connectivity index (χ1n) is 4.60. The number of hydrogen-bond acceptors (Lipinski definition) is 3. The lowest BCUT2D eigenvalue weighted by Crippen LogP contribution is -2.02. The first-order chi connectivity index (χ1) is 7.17. The van der Waals surface area contributed by atoms with Gasteiger partial charge in [-0.2, -0.15) is 5.26 Å². The second-order valence-electron chi connectivity index (χ2n) is 3.35. The molecule has 0 bridgehead atoms. The van der Waals surface area contributed by atoms with Gasteiger partial charge in [-0.15, -0.1) is 0 Å². The highest BCUT2D eigenvalue weighted by Gasteiger charge is 2.02. The molecule has 0 radical (unpaired) electrons. The second-order valence-corrected chi connectivity index (χ2v) is 3.35. The number of nitrogens with zero attached hydrogens (tertiary/aromatic N) is 2. The van der Waals surface area contributed by atoms with Gasteiger partial charge in [0.1, 0.15) is 11.8 Å². The van der Waals surface area contributed by atoms with Gasteiger partial charge in [0.2, 0.25) is 0 Å². The fourth-order valence-electron chi connectivity index (χ4n) is 1.22. The third-order valence-electron chi connectivity index (χ3n) is 1.89. The number of rotatable bonds is 3. The first-order valence-corrected chi connectivity index (χ1v) is 4.60. The van der Waals surface area contributed by atoms with Crippen LogP contribution < -0.4 is 4.74 Å². The SMILES string of the molecule is COc1cccc(/C(C#N)=C\N(C)C)c1. The van der Waals surface area contributed by atoms with Crippen LogP contribution in [0, 0.1) is 11.3 Å². The van der Waals surface area contributed by atoms with Crippen molar-refractivity contribution < 1.29 is 4.74 Å². The number of allylic oxidation sites excluding steroid dienone is 1. The quantitative estimate of drug-likeness (QED) is 0.704. The molecule has 0 saturated carbocycles. The summed E-state index contributed by atoms with van der Waals surface area (Å²) in [5.74, 6) is 0.757. The van der Waals surface area contributed by atoms with Crippen LogP contribution in [0.2, 0.25) is 0 Å². The van der Waals surface area contributed by atoms with E-state index in [1.807, 2.05) is 43.3 Å². The molecule has 3 heteroatoms. The molecule has 78 valence electrons. The molecule has 0 amide bonds. The Hall–Kier alpha value is -1.95. The average Bonchev–Trinajstić information content (AvgIpc) is 2.25. The molecule has 1 aromatic rings. The Kier molecular flexibility index (Phi) is 3.75. The molecule has 0 spiro atoms. The Morgan fingerprint density at radius 3 is 2.73 bits per heavy atom. The fraction of sp³-hybridized carbons (Fsp3) is 0.250. The molecular weight excluding hydrogens is 188 g/mol. The van der Waals surface area contributed by atoms with Crippen LogP contribution in [0.25, 0.3) is 5.57 Å². The van der Waals surface area contributed by atoms with Crippen LogP contribution in [-0.4, -0.2) is 26.1 Å². The zero-order valence-corrected chi connectivity index (χ0v) is 9.19. The van der Waals surface area contributed by atoms with Crippen LogP contribution in [0.1, 0.15) is 5.56 Å². The molecule has 0 heterocycles. The minimum absolute atomic E-state index is 0.624. The van der Waals surface area contributed by atoms with Crippen LogP contribution in [0.3, 0.4) is 0 Å². The van der Waals surface area contributed by atoms with Crippen LogP contribution in [0.15, 0.2) is 30.5 Å². The van der Waals surface area contributed by atoms with Gasteiger partial charge in [0.25, 0.3) is 0 Å². The van der Waals surface area contributed by atoms with Gasteiger partial charge in [-0.25, -0.2) is 0 Å². The van der Waals surface area contributed by atoms with E-state index in [1.165, 1.54) is 0 Å². The zero-order chi connectivity index (χ0) is 11.3. The van der Waals surface area contributed by atoms with Gasteiger partial charge < -0.3 is 9.64 Å². The highest BCUT2D eigenvalue weighted by atomic mass is 16.5. The molecule has 1 rings (SSSR count). The maximum Gasteiger partial charge on any atom is 0.119 e. The van der Waals surface area contributed by atoms with Crippen LogP contribution >= 0.6 is 0 Å². The Balaban J connectivity index is 3.09. The van der Waals surface area contributed by atoms with E-state index >= 15 is 0 Å². The number of methoxy groups -OCH3 is 1. The Morgan fingerprint density at radius 2 is 2.20 bits per heavy atom.